The number of carboxylic acids is 2. The predicted molar refractivity (Wildman–Crippen MR) is 204 cm³/mol. The van der Waals surface area contributed by atoms with Gasteiger partial charge in [-0.2, -0.15) is 0 Å². The van der Waals surface area contributed by atoms with Gasteiger partial charge in [-0.25, -0.2) is 28.6 Å². The zero-order valence-corrected chi connectivity index (χ0v) is 30.3. The number of anilines is 6. The van der Waals surface area contributed by atoms with E-state index < -0.39 is 11.9 Å². The van der Waals surface area contributed by atoms with E-state index in [1.54, 1.807) is 77.0 Å². The van der Waals surface area contributed by atoms with E-state index in [9.17, 15) is 29.4 Å². The summed E-state index contributed by atoms with van der Waals surface area (Å²) in [6.45, 7) is 0.533. The Bertz CT molecular complexity index is 2660. The molecule has 0 aliphatic rings. The van der Waals surface area contributed by atoms with Gasteiger partial charge in [0.1, 0.15) is 17.1 Å². The molecule has 55 heavy (non-hydrogen) atoms. The summed E-state index contributed by atoms with van der Waals surface area (Å²) in [6.07, 6.45) is 5.79. The molecule has 0 amide bonds. The Morgan fingerprint density at radius 2 is 1.27 bits per heavy atom. The van der Waals surface area contributed by atoms with E-state index in [-0.39, 0.29) is 22.5 Å². The van der Waals surface area contributed by atoms with Crippen molar-refractivity contribution in [2.75, 3.05) is 42.1 Å². The van der Waals surface area contributed by atoms with Crippen LogP contribution >= 0.6 is 0 Å². The molecule has 7 rings (SSSR count). The van der Waals surface area contributed by atoms with Gasteiger partial charge in [-0.3, -0.25) is 9.59 Å². The molecule has 6 heterocycles. The van der Waals surface area contributed by atoms with Crippen LogP contribution in [-0.2, 0) is 20.6 Å². The Balaban J connectivity index is 0.000000197. The summed E-state index contributed by atoms with van der Waals surface area (Å²) >= 11 is 0. The number of ether oxygens (including phenoxy) is 1. The minimum Gasteiger partial charge on any atom is -0.497 e. The van der Waals surface area contributed by atoms with Crippen LogP contribution < -0.4 is 36.7 Å². The van der Waals surface area contributed by atoms with Gasteiger partial charge >= 0.3 is 11.9 Å². The largest absolute Gasteiger partial charge is 0.497 e. The van der Waals surface area contributed by atoms with Crippen molar-refractivity contribution in [3.05, 3.63) is 123 Å². The summed E-state index contributed by atoms with van der Waals surface area (Å²) in [7, 11) is 8.47. The molecular formula is C36H36N12O7. The van der Waals surface area contributed by atoms with Crippen LogP contribution in [0.15, 0.2) is 95.0 Å². The van der Waals surface area contributed by atoms with E-state index in [0.717, 1.165) is 11.3 Å². The number of hydrogen-bond acceptors (Lipinski definition) is 13. The van der Waals surface area contributed by atoms with Gasteiger partial charge in [0.15, 0.2) is 34.3 Å². The van der Waals surface area contributed by atoms with Crippen LogP contribution in [0.3, 0.4) is 0 Å². The van der Waals surface area contributed by atoms with Crippen LogP contribution in [0.1, 0.15) is 26.5 Å². The highest BCUT2D eigenvalue weighted by Crippen LogP contribution is 2.27. The Hall–Kier alpha value is -7.70. The number of aromatic nitrogens is 8. The Kier molecular flexibility index (Phi) is 10.4. The van der Waals surface area contributed by atoms with E-state index >= 15 is 0 Å². The van der Waals surface area contributed by atoms with Crippen molar-refractivity contribution < 1.29 is 24.5 Å². The molecule has 7 aromatic rings. The first kappa shape index (κ1) is 37.1. The molecular weight excluding hydrogens is 712 g/mol. The van der Waals surface area contributed by atoms with Gasteiger partial charge in [-0.1, -0.05) is 12.1 Å². The topological polar surface area (TPSA) is 228 Å². The number of aryl methyl sites for hydroxylation is 2. The number of carboxylic acid groups (broad SMARTS) is 2. The molecule has 19 heteroatoms. The molecule has 6 aromatic heterocycles. The lowest BCUT2D eigenvalue weighted by molar-refractivity contribution is 0.0677. The third-order valence-corrected chi connectivity index (χ3v) is 8.39. The Morgan fingerprint density at radius 1 is 0.764 bits per heavy atom. The van der Waals surface area contributed by atoms with Gasteiger partial charge in [-0.15, -0.1) is 10.2 Å². The molecule has 5 N–H and O–H groups in total. The molecule has 0 saturated heterocycles. The second kappa shape index (κ2) is 15.5. The number of nitrogens with one attached hydrogen (secondary N) is 3. The lowest BCUT2D eigenvalue weighted by Gasteiger charge is -2.21. The molecule has 19 nitrogen and oxygen atoms in total. The molecule has 0 atom stereocenters. The highest BCUT2D eigenvalue weighted by atomic mass is 16.5. The van der Waals surface area contributed by atoms with Gasteiger partial charge in [0.25, 0.3) is 11.1 Å². The van der Waals surface area contributed by atoms with Crippen LogP contribution in [-0.4, -0.2) is 81.7 Å². The van der Waals surface area contributed by atoms with E-state index in [4.69, 9.17) is 4.74 Å². The van der Waals surface area contributed by atoms with E-state index in [2.05, 4.69) is 36.1 Å². The maximum absolute atomic E-state index is 12.4. The SMILES string of the molecule is CNc1cc(Nc2cccn(C)c2=O)nn2c(C(=O)O)cnc12.COc1ccc(CN(C)c2cc(Nc3cccn(C)c3=O)nn3c(C(=O)O)cnc23)cc1. The van der Waals surface area contributed by atoms with Crippen molar-refractivity contribution in [2.45, 2.75) is 6.54 Å². The molecule has 1 aromatic carbocycles. The van der Waals surface area contributed by atoms with Crippen LogP contribution in [0.2, 0.25) is 0 Å². The molecule has 0 fully saturated rings. The zero-order chi connectivity index (χ0) is 39.4. The average molecular weight is 749 g/mol. The quantitative estimate of drug-likeness (QED) is 0.128. The summed E-state index contributed by atoms with van der Waals surface area (Å²) in [4.78, 5) is 57.7. The van der Waals surface area contributed by atoms with Crippen molar-refractivity contribution in [3.63, 3.8) is 0 Å². The third kappa shape index (κ3) is 7.75. The number of carbonyl (C=O) groups is 2. The Labute approximate surface area is 311 Å². The normalized spacial score (nSPS) is 10.8. The van der Waals surface area contributed by atoms with Crippen molar-refractivity contribution >= 4 is 57.6 Å². The number of pyridine rings is 2. The van der Waals surface area contributed by atoms with Crippen molar-refractivity contribution in [2.24, 2.45) is 14.1 Å². The number of nitrogens with zero attached hydrogens (tertiary/aromatic N) is 9. The van der Waals surface area contributed by atoms with Gasteiger partial charge in [0.05, 0.1) is 30.9 Å². The highest BCUT2D eigenvalue weighted by Gasteiger charge is 2.19. The standard InChI is InChI=1S/C22H22N6O4.C14H14N6O3/c1-26-10-4-5-16(21(26)29)24-19-11-17(20-23-12-18(22(30)31)28(20)25-19)27(2)13-14-6-8-15(32-3)9-7-14;1-15-9-6-11(17-8-4-3-5-19(2)13(8)21)18-20-10(14(22)23)7-16-12(9)20/h4-12H,13H2,1-3H3,(H,24,25)(H,30,31);3-7,15H,1-2H3,(H,17,18)(H,22,23). The van der Waals surface area contributed by atoms with Crippen LogP contribution in [0, 0.1) is 0 Å². The molecule has 282 valence electrons. The van der Waals surface area contributed by atoms with Crippen LogP contribution in [0.25, 0.3) is 11.3 Å². The average Bonchev–Trinajstić information content (AvgIpc) is 3.80. The molecule has 0 radical (unpaired) electrons. The highest BCUT2D eigenvalue weighted by molar-refractivity contribution is 5.89. The first-order chi connectivity index (χ1) is 26.4. The number of aromatic carboxylic acids is 2. The first-order valence-corrected chi connectivity index (χ1v) is 16.5. The summed E-state index contributed by atoms with van der Waals surface area (Å²) in [5, 5.41) is 36.2. The van der Waals surface area contributed by atoms with Crippen LogP contribution in [0.5, 0.6) is 5.75 Å². The summed E-state index contributed by atoms with van der Waals surface area (Å²) in [5.41, 5.74) is 3.10. The number of fused-ring (bicyclic) bond motifs is 2. The number of rotatable bonds is 11. The Morgan fingerprint density at radius 3 is 1.78 bits per heavy atom. The van der Waals surface area contributed by atoms with Crippen molar-refractivity contribution in [1.82, 2.24) is 38.3 Å². The van der Waals surface area contributed by atoms with Crippen molar-refractivity contribution in [3.8, 4) is 5.75 Å². The molecule has 0 aliphatic carbocycles. The number of benzene rings is 1. The number of hydrogen-bond donors (Lipinski definition) is 5. The second-order valence-corrected chi connectivity index (χ2v) is 12.1. The summed E-state index contributed by atoms with van der Waals surface area (Å²) in [6, 6.07) is 17.8. The van der Waals surface area contributed by atoms with Gasteiger partial charge < -0.3 is 44.9 Å². The third-order valence-electron chi connectivity index (χ3n) is 8.39. The first-order valence-electron chi connectivity index (χ1n) is 16.5. The molecule has 0 aliphatic heterocycles. The fourth-order valence-corrected chi connectivity index (χ4v) is 5.55. The van der Waals surface area contributed by atoms with Gasteiger partial charge in [0, 0.05) is 59.3 Å². The smallest absolute Gasteiger partial charge is 0.356 e. The zero-order valence-electron chi connectivity index (χ0n) is 30.3. The molecule has 0 saturated carbocycles. The monoisotopic (exact) mass is 748 g/mol. The maximum Gasteiger partial charge on any atom is 0.356 e. The summed E-state index contributed by atoms with van der Waals surface area (Å²) in [5.74, 6) is -0.886. The fourth-order valence-electron chi connectivity index (χ4n) is 5.55. The molecule has 0 unspecified atom stereocenters. The van der Waals surface area contributed by atoms with Crippen LogP contribution in [0.4, 0.5) is 34.4 Å². The second-order valence-electron chi connectivity index (χ2n) is 12.1. The molecule has 0 bridgehead atoms. The maximum atomic E-state index is 12.4. The van der Waals surface area contributed by atoms with E-state index in [0.29, 0.717) is 52.2 Å². The predicted octanol–water partition coefficient (Wildman–Crippen LogP) is 3.43. The van der Waals surface area contributed by atoms with E-state index in [1.807, 2.05) is 36.2 Å². The minimum atomic E-state index is -1.15. The minimum absolute atomic E-state index is 0.0684. The number of methoxy groups -OCH3 is 1. The van der Waals surface area contributed by atoms with Gasteiger partial charge in [0.2, 0.25) is 0 Å². The lowest BCUT2D eigenvalue weighted by atomic mass is 10.2. The van der Waals surface area contributed by atoms with E-state index in [1.165, 1.54) is 30.6 Å². The van der Waals surface area contributed by atoms with Gasteiger partial charge in [-0.05, 0) is 42.0 Å². The summed E-state index contributed by atoms with van der Waals surface area (Å²) < 4.78 is 10.6. The molecule has 0 spiro atoms. The van der Waals surface area contributed by atoms with Crippen molar-refractivity contribution in [1.29, 1.82) is 0 Å². The fraction of sp³-hybridized carbons (Fsp3) is 0.167. The number of imidazole rings is 2. The lowest BCUT2D eigenvalue weighted by Crippen LogP contribution is -2.21.